The number of amides is 2. The number of hydrogen-bond donors (Lipinski definition) is 2. The highest BCUT2D eigenvalue weighted by atomic mass is 16.5. The lowest BCUT2D eigenvalue weighted by Crippen LogP contribution is -2.38. The summed E-state index contributed by atoms with van der Waals surface area (Å²) in [5.74, 6) is -0.396. The molecule has 2 rings (SSSR count). The molecule has 0 aliphatic carbocycles. The molecule has 0 aromatic heterocycles. The topological polar surface area (TPSA) is 147 Å². The summed E-state index contributed by atoms with van der Waals surface area (Å²) in [6.07, 6.45) is -1.23. The quantitative estimate of drug-likeness (QED) is 0.430. The second kappa shape index (κ2) is 14.2. The molecule has 0 saturated carbocycles. The number of benzene rings is 2. The average molecular weight is 483 g/mol. The van der Waals surface area contributed by atoms with Gasteiger partial charge in [0.15, 0.2) is 12.2 Å². The van der Waals surface area contributed by atoms with Crippen LogP contribution in [0.15, 0.2) is 42.5 Å². The molecule has 0 fully saturated rings. The van der Waals surface area contributed by atoms with Crippen LogP contribution < -0.4 is 9.47 Å². The fourth-order valence-electron chi connectivity index (χ4n) is 2.77. The lowest BCUT2D eigenvalue weighted by Gasteiger charge is -2.20. The Labute approximate surface area is 205 Å². The number of rotatable bonds is 8. The van der Waals surface area contributed by atoms with Gasteiger partial charge in [-0.25, -0.2) is 10.1 Å². The Hall–Kier alpha value is -4.12. The van der Waals surface area contributed by atoms with Crippen molar-refractivity contribution in [3.05, 3.63) is 59.2 Å². The highest BCUT2D eigenvalue weighted by Crippen LogP contribution is 2.21. The standard InChI is InChI=1S/C13H16N2O3.C12H14N2O3/c1-4-11(13(16)15(3)17)18-12-6-5-9(2)7-10(12)8-14;1-3-14(16)12(15)9(2)17-11-7-5-4-6-10(11)8-13/h5-7,11,17H,4H2,1-3H3;4-7,9,16H,3H2,1-2H3. The number of aryl methyl sites for hydroxylation is 1. The third kappa shape index (κ3) is 8.63. The first-order chi connectivity index (χ1) is 16.6. The Bertz CT molecular complexity index is 1090. The van der Waals surface area contributed by atoms with Gasteiger partial charge in [0.1, 0.15) is 23.6 Å². The number of carbonyl (C=O) groups excluding carboxylic acids is 2. The largest absolute Gasteiger partial charge is 0.479 e. The first-order valence-electron chi connectivity index (χ1n) is 10.9. The van der Waals surface area contributed by atoms with Crippen LogP contribution in [0.4, 0.5) is 0 Å². The van der Waals surface area contributed by atoms with Crippen LogP contribution in [0.1, 0.15) is 43.9 Å². The molecule has 2 N–H and O–H groups in total. The van der Waals surface area contributed by atoms with Gasteiger partial charge in [-0.3, -0.25) is 20.0 Å². The minimum absolute atomic E-state index is 0.187. The van der Waals surface area contributed by atoms with Crippen LogP contribution in [0, 0.1) is 29.6 Å². The predicted molar refractivity (Wildman–Crippen MR) is 126 cm³/mol. The lowest BCUT2D eigenvalue weighted by molar-refractivity contribution is -0.171. The van der Waals surface area contributed by atoms with E-state index in [1.807, 2.05) is 19.1 Å². The van der Waals surface area contributed by atoms with Gasteiger partial charge < -0.3 is 9.47 Å². The second-order valence-electron chi connectivity index (χ2n) is 7.41. The zero-order valence-corrected chi connectivity index (χ0v) is 20.4. The van der Waals surface area contributed by atoms with E-state index in [0.717, 1.165) is 5.56 Å². The maximum absolute atomic E-state index is 11.6. The van der Waals surface area contributed by atoms with Gasteiger partial charge in [-0.1, -0.05) is 25.1 Å². The Morgan fingerprint density at radius 1 is 0.971 bits per heavy atom. The van der Waals surface area contributed by atoms with E-state index in [1.54, 1.807) is 56.3 Å². The Morgan fingerprint density at radius 2 is 1.57 bits per heavy atom. The molecular formula is C25H30N4O6. The Kier molecular flexibility index (Phi) is 11.7. The summed E-state index contributed by atoms with van der Waals surface area (Å²) < 4.78 is 10.8. The van der Waals surface area contributed by atoms with E-state index in [1.165, 1.54) is 14.0 Å². The van der Waals surface area contributed by atoms with E-state index in [9.17, 15) is 14.8 Å². The van der Waals surface area contributed by atoms with Gasteiger partial charge in [-0.2, -0.15) is 10.5 Å². The summed E-state index contributed by atoms with van der Waals surface area (Å²) >= 11 is 0. The van der Waals surface area contributed by atoms with Gasteiger partial charge >= 0.3 is 0 Å². The zero-order chi connectivity index (χ0) is 26.5. The number of nitriles is 2. The minimum Gasteiger partial charge on any atom is -0.479 e. The second-order valence-corrected chi connectivity index (χ2v) is 7.41. The van der Waals surface area contributed by atoms with Crippen LogP contribution in [-0.2, 0) is 9.59 Å². The fraction of sp³-hybridized carbons (Fsp3) is 0.360. The van der Waals surface area contributed by atoms with Crippen molar-refractivity contribution in [2.75, 3.05) is 13.6 Å². The molecular weight excluding hydrogens is 452 g/mol. The van der Waals surface area contributed by atoms with Crippen LogP contribution in [0.3, 0.4) is 0 Å². The van der Waals surface area contributed by atoms with Gasteiger partial charge in [0.05, 0.1) is 11.1 Å². The molecule has 0 aliphatic rings. The van der Waals surface area contributed by atoms with E-state index >= 15 is 0 Å². The molecule has 0 bridgehead atoms. The minimum atomic E-state index is -0.838. The monoisotopic (exact) mass is 482 g/mol. The molecule has 0 heterocycles. The van der Waals surface area contributed by atoms with Crippen LogP contribution in [0.5, 0.6) is 11.5 Å². The summed E-state index contributed by atoms with van der Waals surface area (Å²) in [6.45, 7) is 7.00. The molecule has 35 heavy (non-hydrogen) atoms. The van der Waals surface area contributed by atoms with Crippen molar-refractivity contribution in [3.63, 3.8) is 0 Å². The van der Waals surface area contributed by atoms with Crippen molar-refractivity contribution >= 4 is 11.8 Å². The van der Waals surface area contributed by atoms with Crippen molar-refractivity contribution in [1.29, 1.82) is 10.5 Å². The number of hydrogen-bond acceptors (Lipinski definition) is 8. The van der Waals surface area contributed by atoms with Crippen molar-refractivity contribution in [2.24, 2.45) is 0 Å². The van der Waals surface area contributed by atoms with Crippen molar-refractivity contribution < 1.29 is 29.5 Å². The maximum atomic E-state index is 11.6. The third-order valence-corrected chi connectivity index (χ3v) is 4.70. The molecule has 2 aromatic rings. The van der Waals surface area contributed by atoms with Crippen LogP contribution in [-0.4, -0.2) is 58.2 Å². The van der Waals surface area contributed by atoms with E-state index in [4.69, 9.17) is 25.2 Å². The fourth-order valence-corrected chi connectivity index (χ4v) is 2.77. The molecule has 2 amide bonds. The summed E-state index contributed by atoms with van der Waals surface area (Å²) in [5, 5.41) is 37.3. The molecule has 0 saturated heterocycles. The van der Waals surface area contributed by atoms with Crippen molar-refractivity contribution in [2.45, 2.75) is 46.3 Å². The first-order valence-corrected chi connectivity index (χ1v) is 10.9. The lowest BCUT2D eigenvalue weighted by atomic mass is 10.1. The summed E-state index contributed by atoms with van der Waals surface area (Å²) in [6, 6.07) is 15.8. The Balaban J connectivity index is 0.000000351. The summed E-state index contributed by atoms with van der Waals surface area (Å²) in [7, 11) is 1.24. The van der Waals surface area contributed by atoms with E-state index < -0.39 is 24.0 Å². The third-order valence-electron chi connectivity index (χ3n) is 4.70. The van der Waals surface area contributed by atoms with Crippen LogP contribution >= 0.6 is 0 Å². The molecule has 0 aliphatic heterocycles. The van der Waals surface area contributed by atoms with Crippen molar-refractivity contribution in [3.8, 4) is 23.6 Å². The number of carbonyl (C=O) groups is 2. The average Bonchev–Trinajstić information content (AvgIpc) is 2.86. The molecule has 2 aromatic carbocycles. The van der Waals surface area contributed by atoms with Crippen molar-refractivity contribution in [1.82, 2.24) is 10.1 Å². The molecule has 186 valence electrons. The normalized spacial score (nSPS) is 11.5. The number of hydroxylamine groups is 4. The number of para-hydroxylation sites is 1. The van der Waals surface area contributed by atoms with Gasteiger partial charge in [0.2, 0.25) is 0 Å². The SMILES string of the molecule is CCC(Oc1ccc(C)cc1C#N)C(=O)N(C)O.CCN(O)C(=O)C(C)Oc1ccccc1C#N. The smallest absolute Gasteiger partial charge is 0.286 e. The highest BCUT2D eigenvalue weighted by molar-refractivity contribution is 5.80. The number of ether oxygens (including phenoxy) is 2. The molecule has 0 radical (unpaired) electrons. The Morgan fingerprint density at radius 3 is 2.11 bits per heavy atom. The van der Waals surface area contributed by atoms with E-state index in [2.05, 4.69) is 0 Å². The molecule has 10 nitrogen and oxygen atoms in total. The van der Waals surface area contributed by atoms with Crippen LogP contribution in [0.2, 0.25) is 0 Å². The summed E-state index contributed by atoms with van der Waals surface area (Å²) in [4.78, 5) is 23.2. The van der Waals surface area contributed by atoms with Gasteiger partial charge in [-0.15, -0.1) is 0 Å². The van der Waals surface area contributed by atoms with E-state index in [0.29, 0.717) is 39.2 Å². The molecule has 2 unspecified atom stereocenters. The highest BCUT2D eigenvalue weighted by Gasteiger charge is 2.22. The van der Waals surface area contributed by atoms with E-state index in [-0.39, 0.29) is 6.54 Å². The first kappa shape index (κ1) is 28.9. The predicted octanol–water partition coefficient (Wildman–Crippen LogP) is 3.43. The van der Waals surface area contributed by atoms with Gasteiger partial charge in [-0.05, 0) is 57.0 Å². The van der Waals surface area contributed by atoms with Crippen LogP contribution in [0.25, 0.3) is 0 Å². The maximum Gasteiger partial charge on any atom is 0.286 e. The molecule has 10 heteroatoms. The molecule has 0 spiro atoms. The van der Waals surface area contributed by atoms with Gasteiger partial charge in [0.25, 0.3) is 11.8 Å². The number of nitrogens with zero attached hydrogens (tertiary/aromatic N) is 4. The van der Waals surface area contributed by atoms with Gasteiger partial charge in [0, 0.05) is 13.6 Å². The summed E-state index contributed by atoms with van der Waals surface area (Å²) in [5.41, 5.74) is 1.67. The zero-order valence-electron chi connectivity index (χ0n) is 20.4. The molecule has 2 atom stereocenters. The number of likely N-dealkylation sites (N-methyl/N-ethyl adjacent to an activating group) is 2.